The predicted molar refractivity (Wildman–Crippen MR) is 92.3 cm³/mol. The van der Waals surface area contributed by atoms with Gasteiger partial charge in [-0.15, -0.1) is 0 Å². The third-order valence-electron chi connectivity index (χ3n) is 8.61. The molecule has 3 heteroatoms. The zero-order chi connectivity index (χ0) is 17.1. The largest absolute Gasteiger partial charge is 0.462 e. The second kappa shape index (κ2) is 5.57. The first-order chi connectivity index (χ1) is 11.4. The number of carbonyl (C=O) groups is 2. The molecule has 0 radical (unpaired) electrons. The Morgan fingerprint density at radius 1 is 1.00 bits per heavy atom. The Labute approximate surface area is 145 Å². The standard InChI is InChI=1S/C21H32O3/c1-13(22)24-18-8-7-15-19-16(9-11-21(15,18)3)20(2)10-5-4-6-14(20)12-17(19)23/h14-16,18-19H,4-12H2,1-3H3/t14-,15?,16?,18?,19?,20?,21?/m1/s1. The van der Waals surface area contributed by atoms with Crippen molar-refractivity contribution in [2.75, 3.05) is 0 Å². The second-order valence-corrected chi connectivity index (χ2v) is 9.58. The van der Waals surface area contributed by atoms with Gasteiger partial charge in [-0.1, -0.05) is 26.7 Å². The maximum absolute atomic E-state index is 13.1. The molecule has 0 N–H and O–H groups in total. The van der Waals surface area contributed by atoms with Crippen molar-refractivity contribution in [3.8, 4) is 0 Å². The van der Waals surface area contributed by atoms with Crippen molar-refractivity contribution in [2.24, 2.45) is 34.5 Å². The fraction of sp³-hybridized carbons (Fsp3) is 0.905. The summed E-state index contributed by atoms with van der Waals surface area (Å²) in [5.41, 5.74) is 0.387. The Bertz CT molecular complexity index is 555. The molecule has 0 aromatic rings. The van der Waals surface area contributed by atoms with Crippen LogP contribution in [0.5, 0.6) is 0 Å². The van der Waals surface area contributed by atoms with Crippen LogP contribution in [0.15, 0.2) is 0 Å². The smallest absolute Gasteiger partial charge is 0.302 e. The monoisotopic (exact) mass is 332 g/mol. The SMILES string of the molecule is CC(=O)OC1CCC2C3C(=O)C[C@H]4CCCCC4(C)C3CCC12C. The minimum Gasteiger partial charge on any atom is -0.462 e. The van der Waals surface area contributed by atoms with E-state index in [1.54, 1.807) is 0 Å². The van der Waals surface area contributed by atoms with E-state index in [4.69, 9.17) is 4.74 Å². The van der Waals surface area contributed by atoms with Gasteiger partial charge in [-0.05, 0) is 61.7 Å². The third-order valence-corrected chi connectivity index (χ3v) is 8.61. The lowest BCUT2D eigenvalue weighted by molar-refractivity contribution is -0.166. The molecule has 0 heterocycles. The highest BCUT2D eigenvalue weighted by Crippen LogP contribution is 2.65. The molecule has 3 nitrogen and oxygen atoms in total. The van der Waals surface area contributed by atoms with Crippen LogP contribution in [0, 0.1) is 34.5 Å². The van der Waals surface area contributed by atoms with Crippen molar-refractivity contribution in [2.45, 2.75) is 84.7 Å². The minimum atomic E-state index is -0.168. The van der Waals surface area contributed by atoms with Crippen LogP contribution in [0.3, 0.4) is 0 Å². The number of hydrogen-bond donors (Lipinski definition) is 0. The molecular weight excluding hydrogens is 300 g/mol. The molecule has 0 saturated heterocycles. The van der Waals surface area contributed by atoms with Gasteiger partial charge in [0, 0.05) is 24.7 Å². The van der Waals surface area contributed by atoms with Crippen LogP contribution >= 0.6 is 0 Å². The van der Waals surface area contributed by atoms with Gasteiger partial charge in [0.05, 0.1) is 0 Å². The molecule has 4 aliphatic carbocycles. The van der Waals surface area contributed by atoms with Crippen molar-refractivity contribution in [1.29, 1.82) is 0 Å². The number of Topliss-reactive ketones (excluding diaryl/α,β-unsaturated/α-hetero) is 1. The third kappa shape index (κ3) is 2.22. The summed E-state index contributed by atoms with van der Waals surface area (Å²) in [6.45, 7) is 6.29. The molecule has 4 rings (SSSR count). The molecule has 4 fully saturated rings. The van der Waals surface area contributed by atoms with Crippen molar-refractivity contribution in [3.63, 3.8) is 0 Å². The lowest BCUT2D eigenvalue weighted by Gasteiger charge is -2.59. The molecule has 0 aromatic carbocycles. The fourth-order valence-corrected chi connectivity index (χ4v) is 7.31. The summed E-state index contributed by atoms with van der Waals surface area (Å²) in [6.07, 6.45) is 10.3. The van der Waals surface area contributed by atoms with Crippen LogP contribution in [-0.4, -0.2) is 17.9 Å². The van der Waals surface area contributed by atoms with E-state index >= 15 is 0 Å². The summed E-state index contributed by atoms with van der Waals surface area (Å²) >= 11 is 0. The Balaban J connectivity index is 1.64. The van der Waals surface area contributed by atoms with Gasteiger partial charge in [0.15, 0.2) is 0 Å². The van der Waals surface area contributed by atoms with Gasteiger partial charge in [0.2, 0.25) is 0 Å². The Morgan fingerprint density at radius 3 is 2.50 bits per heavy atom. The molecule has 0 bridgehead atoms. The van der Waals surface area contributed by atoms with Gasteiger partial charge < -0.3 is 4.74 Å². The van der Waals surface area contributed by atoms with Crippen LogP contribution < -0.4 is 0 Å². The summed E-state index contributed by atoms with van der Waals surface area (Å²) in [7, 11) is 0. The number of hydrogen-bond acceptors (Lipinski definition) is 3. The van der Waals surface area contributed by atoms with Crippen LogP contribution in [-0.2, 0) is 14.3 Å². The highest BCUT2D eigenvalue weighted by atomic mass is 16.5. The number of fused-ring (bicyclic) bond motifs is 5. The first kappa shape index (κ1) is 16.6. The molecule has 0 aliphatic heterocycles. The summed E-state index contributed by atoms with van der Waals surface area (Å²) in [6, 6.07) is 0. The topological polar surface area (TPSA) is 43.4 Å². The quantitative estimate of drug-likeness (QED) is 0.663. The van der Waals surface area contributed by atoms with Crippen LogP contribution in [0.25, 0.3) is 0 Å². The average molecular weight is 332 g/mol. The van der Waals surface area contributed by atoms with Gasteiger partial charge >= 0.3 is 5.97 Å². The zero-order valence-electron chi connectivity index (χ0n) is 15.5. The number of ketones is 1. The molecule has 134 valence electrons. The Morgan fingerprint density at radius 2 is 1.75 bits per heavy atom. The Kier molecular flexibility index (Phi) is 3.85. The van der Waals surface area contributed by atoms with Crippen molar-refractivity contribution >= 4 is 11.8 Å². The minimum absolute atomic E-state index is 0.0142. The maximum atomic E-state index is 13.1. The molecular formula is C21H32O3. The molecule has 0 amide bonds. The average Bonchev–Trinajstić information content (AvgIpc) is 2.84. The molecule has 4 aliphatic rings. The van der Waals surface area contributed by atoms with Crippen molar-refractivity contribution < 1.29 is 14.3 Å². The maximum Gasteiger partial charge on any atom is 0.302 e. The van der Waals surface area contributed by atoms with Crippen LogP contribution in [0.4, 0.5) is 0 Å². The summed E-state index contributed by atoms with van der Waals surface area (Å²) in [4.78, 5) is 24.6. The molecule has 6 unspecified atom stereocenters. The van der Waals surface area contributed by atoms with E-state index in [9.17, 15) is 9.59 Å². The lowest BCUT2D eigenvalue weighted by atomic mass is 9.45. The van der Waals surface area contributed by atoms with Gasteiger partial charge in [0.25, 0.3) is 0 Å². The van der Waals surface area contributed by atoms with Gasteiger partial charge in [-0.3, -0.25) is 9.59 Å². The number of rotatable bonds is 1. The van der Waals surface area contributed by atoms with E-state index < -0.39 is 0 Å². The highest BCUT2D eigenvalue weighted by molar-refractivity contribution is 5.83. The molecule has 4 saturated carbocycles. The lowest BCUT2D eigenvalue weighted by Crippen LogP contribution is -2.56. The summed E-state index contributed by atoms with van der Waals surface area (Å²) in [5.74, 6) is 2.20. The van der Waals surface area contributed by atoms with E-state index in [0.29, 0.717) is 29.0 Å². The molecule has 0 spiro atoms. The molecule has 0 aromatic heterocycles. The normalized spacial score (nSPS) is 50.6. The predicted octanol–water partition coefficient (Wildman–Crippen LogP) is 4.53. The van der Waals surface area contributed by atoms with Gasteiger partial charge in [-0.25, -0.2) is 0 Å². The van der Waals surface area contributed by atoms with E-state index in [2.05, 4.69) is 13.8 Å². The van der Waals surface area contributed by atoms with E-state index in [1.807, 2.05) is 0 Å². The van der Waals surface area contributed by atoms with Gasteiger partial charge in [0.1, 0.15) is 11.9 Å². The van der Waals surface area contributed by atoms with Crippen molar-refractivity contribution in [1.82, 2.24) is 0 Å². The van der Waals surface area contributed by atoms with E-state index in [1.165, 1.54) is 32.6 Å². The van der Waals surface area contributed by atoms with Crippen LogP contribution in [0.1, 0.15) is 78.6 Å². The number of carbonyl (C=O) groups excluding carboxylic acids is 2. The number of esters is 1. The second-order valence-electron chi connectivity index (χ2n) is 9.58. The summed E-state index contributed by atoms with van der Waals surface area (Å²) < 4.78 is 5.68. The van der Waals surface area contributed by atoms with Gasteiger partial charge in [-0.2, -0.15) is 0 Å². The summed E-state index contributed by atoms with van der Waals surface area (Å²) in [5, 5.41) is 0. The Hall–Kier alpha value is -0.860. The highest BCUT2D eigenvalue weighted by Gasteiger charge is 2.62. The van der Waals surface area contributed by atoms with E-state index in [0.717, 1.165) is 32.1 Å². The first-order valence-electron chi connectivity index (χ1n) is 10.1. The zero-order valence-corrected chi connectivity index (χ0v) is 15.5. The fourth-order valence-electron chi connectivity index (χ4n) is 7.31. The molecule has 7 atom stereocenters. The number of ether oxygens (including phenoxy) is 1. The molecule has 24 heavy (non-hydrogen) atoms. The first-order valence-corrected chi connectivity index (χ1v) is 10.1. The van der Waals surface area contributed by atoms with E-state index in [-0.39, 0.29) is 23.4 Å². The van der Waals surface area contributed by atoms with Crippen LogP contribution in [0.2, 0.25) is 0 Å². The van der Waals surface area contributed by atoms with Crippen molar-refractivity contribution in [3.05, 3.63) is 0 Å².